The van der Waals surface area contributed by atoms with Gasteiger partial charge in [0.25, 0.3) is 11.8 Å². The summed E-state index contributed by atoms with van der Waals surface area (Å²) in [4.78, 5) is 27.9. The van der Waals surface area contributed by atoms with Crippen LogP contribution in [-0.4, -0.2) is 35.1 Å². The van der Waals surface area contributed by atoms with Crippen LogP contribution in [0.4, 0.5) is 17.2 Å². The first-order valence-corrected chi connectivity index (χ1v) is 10.7. The summed E-state index contributed by atoms with van der Waals surface area (Å²) in [5.74, 6) is -0.523. The quantitative estimate of drug-likeness (QED) is 0.360. The topological polar surface area (TPSA) is 90.1 Å². The average molecular weight is 488 g/mol. The highest BCUT2D eigenvalue weighted by molar-refractivity contribution is 9.10. The Bertz CT molecular complexity index is 1050. The van der Waals surface area contributed by atoms with Gasteiger partial charge in [-0.3, -0.25) is 14.7 Å². The molecule has 0 spiro atoms. The molecule has 2 aromatic carbocycles. The van der Waals surface area contributed by atoms with Crippen LogP contribution >= 0.6 is 28.6 Å². The van der Waals surface area contributed by atoms with Crippen molar-refractivity contribution in [2.45, 2.75) is 18.7 Å². The van der Waals surface area contributed by atoms with Gasteiger partial charge in [0.2, 0.25) is 0 Å². The van der Waals surface area contributed by atoms with E-state index < -0.39 is 0 Å². The molecule has 0 fully saturated rings. The van der Waals surface area contributed by atoms with Crippen molar-refractivity contribution in [1.29, 1.82) is 0 Å². The number of carbonyl (C=O) groups is 2. The highest BCUT2D eigenvalue weighted by Crippen LogP contribution is 2.26. The van der Waals surface area contributed by atoms with Crippen molar-refractivity contribution in [3.05, 3.63) is 64.3 Å². The van der Waals surface area contributed by atoms with Crippen molar-refractivity contribution in [3.63, 3.8) is 0 Å². The molecule has 156 valence electrons. The van der Waals surface area contributed by atoms with Gasteiger partial charge >= 0.3 is 0 Å². The van der Waals surface area contributed by atoms with Crippen molar-refractivity contribution < 1.29 is 9.59 Å². The van der Waals surface area contributed by atoms with Crippen LogP contribution in [0.1, 0.15) is 34.7 Å². The lowest BCUT2D eigenvalue weighted by molar-refractivity contribution is 0.101. The summed E-state index contributed by atoms with van der Waals surface area (Å²) in [6, 6.07) is 14.6. The average Bonchev–Trinajstić information content (AvgIpc) is 3.10. The number of nitrogens with one attached hydrogen (secondary N) is 3. The van der Waals surface area contributed by atoms with Crippen molar-refractivity contribution in [2.24, 2.45) is 0 Å². The SMILES string of the molecule is CCN(CC)c1ccc(NC(=O)c2[nH]nc(NC(=O)c3ccccc3S)c2Br)cc1. The Hall–Kier alpha value is -2.78. The summed E-state index contributed by atoms with van der Waals surface area (Å²) in [5, 5.41) is 12.2. The number of thiol groups is 1. The minimum absolute atomic E-state index is 0.206. The largest absolute Gasteiger partial charge is 0.372 e. The minimum atomic E-state index is -0.375. The summed E-state index contributed by atoms with van der Waals surface area (Å²) in [6.45, 7) is 6.02. The normalized spacial score (nSPS) is 10.5. The maximum absolute atomic E-state index is 12.6. The van der Waals surface area contributed by atoms with E-state index in [0.717, 1.165) is 18.8 Å². The van der Waals surface area contributed by atoms with E-state index in [-0.39, 0.29) is 23.3 Å². The lowest BCUT2D eigenvalue weighted by atomic mass is 10.2. The Balaban J connectivity index is 1.70. The molecule has 0 radical (unpaired) electrons. The van der Waals surface area contributed by atoms with E-state index in [9.17, 15) is 9.59 Å². The summed E-state index contributed by atoms with van der Waals surface area (Å²) >= 11 is 7.63. The molecule has 3 N–H and O–H groups in total. The Labute approximate surface area is 188 Å². The molecule has 1 aromatic heterocycles. The van der Waals surface area contributed by atoms with Crippen molar-refractivity contribution in [2.75, 3.05) is 28.6 Å². The molecule has 1 heterocycles. The van der Waals surface area contributed by atoms with Gasteiger partial charge in [-0.15, -0.1) is 12.6 Å². The van der Waals surface area contributed by atoms with E-state index in [1.54, 1.807) is 24.3 Å². The summed E-state index contributed by atoms with van der Waals surface area (Å²) < 4.78 is 0.366. The monoisotopic (exact) mass is 487 g/mol. The number of benzene rings is 2. The molecule has 30 heavy (non-hydrogen) atoms. The Morgan fingerprint density at radius 2 is 1.70 bits per heavy atom. The fourth-order valence-electron chi connectivity index (χ4n) is 2.94. The molecule has 0 atom stereocenters. The molecular weight excluding hydrogens is 466 g/mol. The molecule has 2 amide bonds. The highest BCUT2D eigenvalue weighted by Gasteiger charge is 2.20. The number of hydrogen-bond donors (Lipinski definition) is 4. The number of hydrogen-bond acceptors (Lipinski definition) is 5. The van der Waals surface area contributed by atoms with Crippen LogP contribution < -0.4 is 15.5 Å². The van der Waals surface area contributed by atoms with Crippen molar-refractivity contribution in [3.8, 4) is 0 Å². The molecule has 7 nitrogen and oxygen atoms in total. The number of aromatic amines is 1. The van der Waals surface area contributed by atoms with Crippen molar-refractivity contribution >= 4 is 57.6 Å². The van der Waals surface area contributed by atoms with Crippen LogP contribution in [0.25, 0.3) is 0 Å². The minimum Gasteiger partial charge on any atom is -0.372 e. The number of rotatable bonds is 7. The number of aromatic nitrogens is 2. The molecule has 3 aromatic rings. The predicted octanol–water partition coefficient (Wildman–Crippen LogP) is 4.81. The molecule has 3 rings (SSSR count). The molecule has 0 unspecified atom stereocenters. The number of H-pyrrole nitrogens is 1. The second-order valence-corrected chi connectivity index (χ2v) is 7.68. The first-order chi connectivity index (χ1) is 14.4. The van der Waals surface area contributed by atoms with E-state index >= 15 is 0 Å². The molecule has 0 saturated heterocycles. The first kappa shape index (κ1) is 21.9. The second-order valence-electron chi connectivity index (χ2n) is 6.41. The van der Waals surface area contributed by atoms with Gasteiger partial charge in [0.1, 0.15) is 5.69 Å². The summed E-state index contributed by atoms with van der Waals surface area (Å²) in [7, 11) is 0. The lowest BCUT2D eigenvalue weighted by Crippen LogP contribution is -2.21. The van der Waals surface area contributed by atoms with Gasteiger partial charge < -0.3 is 15.5 Å². The third-order valence-corrected chi connectivity index (χ3v) is 5.73. The smallest absolute Gasteiger partial charge is 0.274 e. The fraction of sp³-hybridized carbons (Fsp3) is 0.190. The van der Waals surface area contributed by atoms with Gasteiger partial charge in [-0.25, -0.2) is 0 Å². The van der Waals surface area contributed by atoms with Gasteiger partial charge in [-0.1, -0.05) is 12.1 Å². The van der Waals surface area contributed by atoms with Crippen LogP contribution in [0.15, 0.2) is 57.9 Å². The number of carbonyl (C=O) groups excluding carboxylic acids is 2. The number of halogens is 1. The lowest BCUT2D eigenvalue weighted by Gasteiger charge is -2.21. The van der Waals surface area contributed by atoms with Crippen LogP contribution in [0.3, 0.4) is 0 Å². The van der Waals surface area contributed by atoms with Crippen LogP contribution in [0, 0.1) is 0 Å². The molecule has 0 aliphatic carbocycles. The van der Waals surface area contributed by atoms with E-state index in [0.29, 0.717) is 20.6 Å². The van der Waals surface area contributed by atoms with Gasteiger partial charge in [0, 0.05) is 29.4 Å². The van der Waals surface area contributed by atoms with Gasteiger partial charge in [-0.2, -0.15) is 5.10 Å². The standard InChI is InChI=1S/C21H22BrN5O2S/c1-3-27(4-2)14-11-9-13(10-12-14)23-21(29)18-17(22)19(26-25-18)24-20(28)15-7-5-6-8-16(15)30/h5-12,30H,3-4H2,1-2H3,(H,23,29)(H2,24,25,26,28). The van der Waals surface area contributed by atoms with E-state index in [2.05, 4.69) is 68.1 Å². The third kappa shape index (κ3) is 4.85. The molecule has 9 heteroatoms. The zero-order chi connectivity index (χ0) is 21.7. The fourth-order valence-corrected chi connectivity index (χ4v) is 3.66. The predicted molar refractivity (Wildman–Crippen MR) is 126 cm³/mol. The zero-order valence-electron chi connectivity index (χ0n) is 16.6. The zero-order valence-corrected chi connectivity index (χ0v) is 19.0. The molecular formula is C21H22BrN5O2S. The second kappa shape index (κ2) is 9.82. The molecule has 0 aliphatic rings. The van der Waals surface area contributed by atoms with Gasteiger partial charge in [-0.05, 0) is 66.2 Å². The first-order valence-electron chi connectivity index (χ1n) is 9.44. The van der Waals surface area contributed by atoms with E-state index in [1.807, 2.05) is 24.3 Å². The molecule has 0 saturated carbocycles. The Kier molecular flexibility index (Phi) is 7.17. The maximum atomic E-state index is 12.6. The van der Waals surface area contributed by atoms with Gasteiger partial charge in [0.15, 0.2) is 5.82 Å². The van der Waals surface area contributed by atoms with E-state index in [4.69, 9.17) is 0 Å². The number of amides is 2. The number of anilines is 3. The maximum Gasteiger partial charge on any atom is 0.274 e. The van der Waals surface area contributed by atoms with Crippen molar-refractivity contribution in [1.82, 2.24) is 10.2 Å². The Morgan fingerprint density at radius 3 is 2.33 bits per heavy atom. The Morgan fingerprint density at radius 1 is 1.03 bits per heavy atom. The van der Waals surface area contributed by atoms with Crippen LogP contribution in [0.2, 0.25) is 0 Å². The molecule has 0 bridgehead atoms. The summed E-state index contributed by atoms with van der Waals surface area (Å²) in [6.07, 6.45) is 0. The van der Waals surface area contributed by atoms with Crippen LogP contribution in [0.5, 0.6) is 0 Å². The van der Waals surface area contributed by atoms with E-state index in [1.165, 1.54) is 0 Å². The highest BCUT2D eigenvalue weighted by atomic mass is 79.9. The third-order valence-electron chi connectivity index (χ3n) is 4.57. The number of nitrogens with zero attached hydrogens (tertiary/aromatic N) is 2. The molecule has 0 aliphatic heterocycles. The van der Waals surface area contributed by atoms with Crippen LogP contribution in [-0.2, 0) is 0 Å². The van der Waals surface area contributed by atoms with Gasteiger partial charge in [0.05, 0.1) is 10.0 Å². The summed E-state index contributed by atoms with van der Waals surface area (Å²) in [5.41, 5.74) is 2.37.